The van der Waals surface area contributed by atoms with Crippen LogP contribution in [0.25, 0.3) is 0 Å². The van der Waals surface area contributed by atoms with E-state index in [-0.39, 0.29) is 5.78 Å². The quantitative estimate of drug-likeness (QED) is 0.771. The molecule has 1 aromatic carbocycles. The predicted molar refractivity (Wildman–Crippen MR) is 86.2 cm³/mol. The Morgan fingerprint density at radius 1 is 1.25 bits per heavy atom. The second kappa shape index (κ2) is 7.34. The van der Waals surface area contributed by atoms with Crippen molar-refractivity contribution < 1.29 is 4.79 Å². The third kappa shape index (κ3) is 4.40. The number of piperazine rings is 1. The number of Topliss-reactive ketones (excluding diaryl/α,β-unsaturated/α-hetero) is 1. The number of halogens is 1. The first-order chi connectivity index (χ1) is 9.56. The van der Waals surface area contributed by atoms with Gasteiger partial charge in [-0.05, 0) is 26.0 Å². The van der Waals surface area contributed by atoms with E-state index in [1.54, 1.807) is 0 Å². The Labute approximate surface area is 130 Å². The first-order valence-electron chi connectivity index (χ1n) is 7.31. The van der Waals surface area contributed by atoms with Crippen LogP contribution in [-0.2, 0) is 0 Å². The zero-order valence-corrected chi connectivity index (χ0v) is 13.9. The van der Waals surface area contributed by atoms with Gasteiger partial charge < -0.3 is 4.90 Å². The summed E-state index contributed by atoms with van der Waals surface area (Å²) in [5.41, 5.74) is 0.806. The molecule has 1 saturated heterocycles. The summed E-state index contributed by atoms with van der Waals surface area (Å²) in [5, 5.41) is 0. The molecule has 1 aromatic rings. The third-order valence-electron chi connectivity index (χ3n) is 3.94. The molecule has 1 aliphatic rings. The molecule has 0 N–H and O–H groups in total. The van der Waals surface area contributed by atoms with E-state index < -0.39 is 0 Å². The highest BCUT2D eigenvalue weighted by Gasteiger charge is 2.19. The highest BCUT2D eigenvalue weighted by atomic mass is 79.9. The van der Waals surface area contributed by atoms with Crippen LogP contribution in [0.5, 0.6) is 0 Å². The number of carbonyl (C=O) groups is 1. The standard InChI is InChI=1S/C16H23BrN2O/c1-13(2)19-10-8-18(9-11-19)7-6-16(20)14-4-3-5-15(17)12-14/h3-5,12-13H,6-11H2,1-2H3. The average Bonchev–Trinajstić information content (AvgIpc) is 2.45. The van der Waals surface area contributed by atoms with Gasteiger partial charge in [-0.25, -0.2) is 0 Å². The van der Waals surface area contributed by atoms with Crippen molar-refractivity contribution in [2.45, 2.75) is 26.3 Å². The van der Waals surface area contributed by atoms with Crippen LogP contribution in [0.4, 0.5) is 0 Å². The fourth-order valence-electron chi connectivity index (χ4n) is 2.57. The number of carbonyl (C=O) groups excluding carboxylic acids is 1. The maximum Gasteiger partial charge on any atom is 0.164 e. The Balaban J connectivity index is 1.77. The Morgan fingerprint density at radius 3 is 2.55 bits per heavy atom. The molecular weight excluding hydrogens is 316 g/mol. The van der Waals surface area contributed by atoms with E-state index in [0.29, 0.717) is 12.5 Å². The molecule has 0 radical (unpaired) electrons. The number of hydrogen-bond acceptors (Lipinski definition) is 3. The number of benzene rings is 1. The molecule has 0 spiro atoms. The van der Waals surface area contributed by atoms with Crippen molar-refractivity contribution in [3.63, 3.8) is 0 Å². The van der Waals surface area contributed by atoms with Gasteiger partial charge in [-0.15, -0.1) is 0 Å². The van der Waals surface area contributed by atoms with Gasteiger partial charge in [-0.2, -0.15) is 0 Å². The Hall–Kier alpha value is -0.710. The molecule has 110 valence electrons. The largest absolute Gasteiger partial charge is 0.300 e. The van der Waals surface area contributed by atoms with Crippen LogP contribution < -0.4 is 0 Å². The van der Waals surface area contributed by atoms with E-state index in [1.807, 2.05) is 24.3 Å². The second-order valence-corrected chi connectivity index (χ2v) is 6.57. The van der Waals surface area contributed by atoms with Gasteiger partial charge >= 0.3 is 0 Å². The summed E-state index contributed by atoms with van der Waals surface area (Å²) in [4.78, 5) is 17.0. The summed E-state index contributed by atoms with van der Waals surface area (Å²) in [6.07, 6.45) is 0.609. The molecule has 0 saturated carbocycles. The summed E-state index contributed by atoms with van der Waals surface area (Å²) in [6.45, 7) is 9.73. The van der Waals surface area contributed by atoms with Crippen molar-refractivity contribution in [1.29, 1.82) is 0 Å². The highest BCUT2D eigenvalue weighted by molar-refractivity contribution is 9.10. The zero-order chi connectivity index (χ0) is 14.5. The summed E-state index contributed by atoms with van der Waals surface area (Å²) < 4.78 is 0.967. The van der Waals surface area contributed by atoms with Gasteiger partial charge in [0.05, 0.1) is 0 Å². The average molecular weight is 339 g/mol. The van der Waals surface area contributed by atoms with Crippen LogP contribution in [0.15, 0.2) is 28.7 Å². The molecule has 1 heterocycles. The van der Waals surface area contributed by atoms with Crippen LogP contribution in [0, 0.1) is 0 Å². The van der Waals surface area contributed by atoms with Crippen molar-refractivity contribution in [3.05, 3.63) is 34.3 Å². The van der Waals surface area contributed by atoms with Gasteiger partial charge in [0.1, 0.15) is 0 Å². The lowest BCUT2D eigenvalue weighted by Crippen LogP contribution is -2.49. The first-order valence-corrected chi connectivity index (χ1v) is 8.11. The van der Waals surface area contributed by atoms with Crippen LogP contribution in [0.1, 0.15) is 30.6 Å². The van der Waals surface area contributed by atoms with Crippen LogP contribution in [0.3, 0.4) is 0 Å². The molecule has 0 bridgehead atoms. The molecule has 0 unspecified atom stereocenters. The molecule has 3 nitrogen and oxygen atoms in total. The van der Waals surface area contributed by atoms with Gasteiger partial charge in [-0.1, -0.05) is 28.1 Å². The highest BCUT2D eigenvalue weighted by Crippen LogP contribution is 2.14. The van der Waals surface area contributed by atoms with Crippen molar-refractivity contribution in [3.8, 4) is 0 Å². The molecule has 0 atom stereocenters. The number of ketones is 1. The predicted octanol–water partition coefficient (Wildman–Crippen LogP) is 3.05. The van der Waals surface area contributed by atoms with E-state index in [0.717, 1.165) is 42.8 Å². The van der Waals surface area contributed by atoms with Gasteiger partial charge in [0, 0.05) is 55.2 Å². The van der Waals surface area contributed by atoms with Crippen molar-refractivity contribution in [2.75, 3.05) is 32.7 Å². The Bertz CT molecular complexity index is 454. The number of nitrogens with zero attached hydrogens (tertiary/aromatic N) is 2. The van der Waals surface area contributed by atoms with Gasteiger partial charge in [0.2, 0.25) is 0 Å². The molecule has 0 aromatic heterocycles. The molecule has 2 rings (SSSR count). The minimum atomic E-state index is 0.234. The molecule has 0 amide bonds. The van der Waals surface area contributed by atoms with Gasteiger partial charge in [0.15, 0.2) is 5.78 Å². The van der Waals surface area contributed by atoms with Crippen molar-refractivity contribution in [1.82, 2.24) is 9.80 Å². The maximum atomic E-state index is 12.2. The smallest absolute Gasteiger partial charge is 0.164 e. The first kappa shape index (κ1) is 15.7. The SMILES string of the molecule is CC(C)N1CCN(CCC(=O)c2cccc(Br)c2)CC1. The normalized spacial score (nSPS) is 17.6. The number of hydrogen-bond donors (Lipinski definition) is 0. The summed E-state index contributed by atoms with van der Waals surface area (Å²) in [6, 6.07) is 8.28. The van der Waals surface area contributed by atoms with Crippen LogP contribution in [0.2, 0.25) is 0 Å². The fraction of sp³-hybridized carbons (Fsp3) is 0.562. The third-order valence-corrected chi connectivity index (χ3v) is 4.43. The van der Waals surface area contributed by atoms with Crippen molar-refractivity contribution >= 4 is 21.7 Å². The molecule has 1 fully saturated rings. The maximum absolute atomic E-state index is 12.2. The molecule has 0 aliphatic carbocycles. The van der Waals surface area contributed by atoms with E-state index in [1.165, 1.54) is 0 Å². The lowest BCUT2D eigenvalue weighted by atomic mass is 10.1. The summed E-state index contributed by atoms with van der Waals surface area (Å²) in [5.74, 6) is 0.234. The lowest BCUT2D eigenvalue weighted by Gasteiger charge is -2.36. The molecular formula is C16H23BrN2O. The molecule has 4 heteroatoms. The van der Waals surface area contributed by atoms with E-state index >= 15 is 0 Å². The van der Waals surface area contributed by atoms with Gasteiger partial charge in [-0.3, -0.25) is 9.69 Å². The summed E-state index contributed by atoms with van der Waals surface area (Å²) >= 11 is 3.41. The minimum Gasteiger partial charge on any atom is -0.300 e. The fourth-order valence-corrected chi connectivity index (χ4v) is 2.97. The van der Waals surface area contributed by atoms with Crippen LogP contribution in [-0.4, -0.2) is 54.3 Å². The Morgan fingerprint density at radius 2 is 1.95 bits per heavy atom. The van der Waals surface area contributed by atoms with Crippen LogP contribution >= 0.6 is 15.9 Å². The molecule has 20 heavy (non-hydrogen) atoms. The second-order valence-electron chi connectivity index (χ2n) is 5.65. The zero-order valence-electron chi connectivity index (χ0n) is 12.3. The van der Waals surface area contributed by atoms with E-state index in [9.17, 15) is 4.79 Å². The van der Waals surface area contributed by atoms with Crippen molar-refractivity contribution in [2.24, 2.45) is 0 Å². The topological polar surface area (TPSA) is 23.6 Å². The minimum absolute atomic E-state index is 0.234. The lowest BCUT2D eigenvalue weighted by molar-refractivity contribution is 0.0890. The monoisotopic (exact) mass is 338 g/mol. The van der Waals surface area contributed by atoms with E-state index in [2.05, 4.69) is 39.6 Å². The van der Waals surface area contributed by atoms with Gasteiger partial charge in [0.25, 0.3) is 0 Å². The Kier molecular flexibility index (Phi) is 5.75. The van der Waals surface area contributed by atoms with E-state index in [4.69, 9.17) is 0 Å². The molecule has 1 aliphatic heterocycles. The number of rotatable bonds is 5. The summed E-state index contributed by atoms with van der Waals surface area (Å²) in [7, 11) is 0.